The number of aliphatic hydroxyl groups excluding tert-OH is 1. The van der Waals surface area contributed by atoms with Gasteiger partial charge in [0, 0.05) is 31.7 Å². The predicted octanol–water partition coefficient (Wildman–Crippen LogP) is 1.27. The number of nitrogens with zero attached hydrogens (tertiary/aromatic N) is 1. The minimum absolute atomic E-state index is 0.01000. The van der Waals surface area contributed by atoms with Crippen molar-refractivity contribution >= 4 is 5.91 Å². The normalized spacial score (nSPS) is 17.6. The second-order valence-corrected chi connectivity index (χ2v) is 5.00. The first kappa shape index (κ1) is 14.5. The van der Waals surface area contributed by atoms with Crippen LogP contribution in [-0.4, -0.2) is 41.1 Å². The molecule has 1 saturated carbocycles. The van der Waals surface area contributed by atoms with Crippen molar-refractivity contribution < 1.29 is 9.90 Å². The maximum atomic E-state index is 12.1. The van der Waals surface area contributed by atoms with E-state index in [-0.39, 0.29) is 18.6 Å². The summed E-state index contributed by atoms with van der Waals surface area (Å²) in [5, 5.41) is 8.87. The Kier molecular flexibility index (Phi) is 6.52. The lowest BCUT2D eigenvalue weighted by atomic mass is 9.90. The average molecular weight is 242 g/mol. The summed E-state index contributed by atoms with van der Waals surface area (Å²) in [6, 6.07) is 0.395. The van der Waals surface area contributed by atoms with E-state index in [2.05, 4.69) is 6.92 Å². The van der Waals surface area contributed by atoms with Crippen molar-refractivity contribution in [2.45, 2.75) is 64.0 Å². The SMILES string of the molecule is CCCC(N)CC(=O)N(CCCO)C1CCC1. The van der Waals surface area contributed by atoms with Crippen molar-refractivity contribution in [1.82, 2.24) is 4.90 Å². The first-order valence-electron chi connectivity index (χ1n) is 6.85. The molecule has 0 saturated heterocycles. The highest BCUT2D eigenvalue weighted by Gasteiger charge is 2.28. The quantitative estimate of drug-likeness (QED) is 0.673. The summed E-state index contributed by atoms with van der Waals surface area (Å²) >= 11 is 0. The summed E-state index contributed by atoms with van der Waals surface area (Å²) in [6.07, 6.45) is 6.49. The Labute approximate surface area is 104 Å². The molecule has 1 fully saturated rings. The van der Waals surface area contributed by atoms with E-state index in [1.54, 1.807) is 0 Å². The fourth-order valence-electron chi connectivity index (χ4n) is 2.26. The van der Waals surface area contributed by atoms with Gasteiger partial charge in [-0.3, -0.25) is 4.79 Å². The molecule has 0 aromatic heterocycles. The molecule has 1 atom stereocenters. The summed E-state index contributed by atoms with van der Waals surface area (Å²) < 4.78 is 0. The lowest BCUT2D eigenvalue weighted by molar-refractivity contribution is -0.135. The zero-order valence-electron chi connectivity index (χ0n) is 10.9. The molecule has 0 aliphatic heterocycles. The van der Waals surface area contributed by atoms with Gasteiger partial charge in [0.25, 0.3) is 0 Å². The molecule has 4 nitrogen and oxygen atoms in total. The number of carbonyl (C=O) groups excluding carboxylic acids is 1. The third kappa shape index (κ3) is 4.64. The van der Waals surface area contributed by atoms with Gasteiger partial charge >= 0.3 is 0 Å². The van der Waals surface area contributed by atoms with Gasteiger partial charge in [0.2, 0.25) is 5.91 Å². The fraction of sp³-hybridized carbons (Fsp3) is 0.923. The van der Waals surface area contributed by atoms with Crippen LogP contribution in [0.5, 0.6) is 0 Å². The van der Waals surface area contributed by atoms with Crippen molar-refractivity contribution in [1.29, 1.82) is 0 Å². The van der Waals surface area contributed by atoms with Gasteiger partial charge in [-0.15, -0.1) is 0 Å². The first-order valence-corrected chi connectivity index (χ1v) is 6.85. The van der Waals surface area contributed by atoms with E-state index >= 15 is 0 Å². The van der Waals surface area contributed by atoms with Crippen LogP contribution in [0.25, 0.3) is 0 Å². The van der Waals surface area contributed by atoms with Gasteiger partial charge in [-0.25, -0.2) is 0 Å². The summed E-state index contributed by atoms with van der Waals surface area (Å²) in [7, 11) is 0. The zero-order chi connectivity index (χ0) is 12.7. The Bertz CT molecular complexity index is 229. The summed E-state index contributed by atoms with van der Waals surface area (Å²) in [6.45, 7) is 2.91. The number of amides is 1. The van der Waals surface area contributed by atoms with Crippen LogP contribution in [0.3, 0.4) is 0 Å². The minimum atomic E-state index is -0.01000. The molecular weight excluding hydrogens is 216 g/mol. The number of carbonyl (C=O) groups is 1. The van der Waals surface area contributed by atoms with E-state index in [9.17, 15) is 4.79 Å². The fourth-order valence-corrected chi connectivity index (χ4v) is 2.26. The highest BCUT2D eigenvalue weighted by atomic mass is 16.3. The molecule has 1 aliphatic carbocycles. The average Bonchev–Trinajstić information content (AvgIpc) is 2.21. The molecule has 0 radical (unpaired) electrons. The lowest BCUT2D eigenvalue weighted by Gasteiger charge is -2.38. The van der Waals surface area contributed by atoms with Crippen LogP contribution in [0.15, 0.2) is 0 Å². The molecule has 17 heavy (non-hydrogen) atoms. The van der Waals surface area contributed by atoms with Gasteiger partial charge in [0.15, 0.2) is 0 Å². The molecule has 0 bridgehead atoms. The molecular formula is C13H26N2O2. The molecule has 1 aliphatic rings. The molecule has 0 aromatic rings. The molecule has 0 aromatic carbocycles. The van der Waals surface area contributed by atoms with Crippen LogP contribution in [0, 0.1) is 0 Å². The van der Waals surface area contributed by atoms with E-state index in [0.29, 0.717) is 25.4 Å². The van der Waals surface area contributed by atoms with E-state index < -0.39 is 0 Å². The highest BCUT2D eigenvalue weighted by Crippen LogP contribution is 2.25. The minimum Gasteiger partial charge on any atom is -0.396 e. The lowest BCUT2D eigenvalue weighted by Crippen LogP contribution is -2.46. The van der Waals surface area contributed by atoms with Crippen molar-refractivity contribution in [3.05, 3.63) is 0 Å². The van der Waals surface area contributed by atoms with Crippen LogP contribution in [0.4, 0.5) is 0 Å². The second-order valence-electron chi connectivity index (χ2n) is 5.00. The largest absolute Gasteiger partial charge is 0.396 e. The molecule has 1 amide bonds. The Balaban J connectivity index is 2.41. The zero-order valence-corrected chi connectivity index (χ0v) is 10.9. The van der Waals surface area contributed by atoms with Gasteiger partial charge < -0.3 is 15.7 Å². The smallest absolute Gasteiger partial charge is 0.224 e. The summed E-state index contributed by atoms with van der Waals surface area (Å²) in [5.41, 5.74) is 5.91. The third-order valence-electron chi connectivity index (χ3n) is 3.49. The standard InChI is InChI=1S/C13H26N2O2/c1-2-5-11(14)10-13(17)15(8-4-9-16)12-6-3-7-12/h11-12,16H,2-10,14H2,1H3. The maximum Gasteiger partial charge on any atom is 0.224 e. The number of nitrogens with two attached hydrogens (primary N) is 1. The first-order chi connectivity index (χ1) is 8.19. The van der Waals surface area contributed by atoms with Gasteiger partial charge in [-0.2, -0.15) is 0 Å². The second kappa shape index (κ2) is 7.67. The molecule has 3 N–H and O–H groups in total. The number of rotatable bonds is 8. The van der Waals surface area contributed by atoms with E-state index in [0.717, 1.165) is 25.7 Å². The van der Waals surface area contributed by atoms with E-state index in [1.807, 2.05) is 4.90 Å². The van der Waals surface area contributed by atoms with Gasteiger partial charge in [-0.1, -0.05) is 13.3 Å². The predicted molar refractivity (Wildman–Crippen MR) is 68.6 cm³/mol. The summed E-state index contributed by atoms with van der Waals surface area (Å²) in [4.78, 5) is 14.1. The molecule has 0 spiro atoms. The topological polar surface area (TPSA) is 66.6 Å². The van der Waals surface area contributed by atoms with Gasteiger partial charge in [0.05, 0.1) is 0 Å². The Hall–Kier alpha value is -0.610. The third-order valence-corrected chi connectivity index (χ3v) is 3.49. The van der Waals surface area contributed by atoms with Gasteiger partial charge in [0.1, 0.15) is 0 Å². The highest BCUT2D eigenvalue weighted by molar-refractivity contribution is 5.77. The van der Waals surface area contributed by atoms with Crippen molar-refractivity contribution in [2.75, 3.05) is 13.2 Å². The van der Waals surface area contributed by atoms with E-state index in [4.69, 9.17) is 10.8 Å². The Morgan fingerprint density at radius 3 is 2.71 bits per heavy atom. The monoisotopic (exact) mass is 242 g/mol. The Morgan fingerprint density at radius 1 is 1.53 bits per heavy atom. The van der Waals surface area contributed by atoms with Crippen molar-refractivity contribution in [3.63, 3.8) is 0 Å². The van der Waals surface area contributed by atoms with Crippen molar-refractivity contribution in [2.24, 2.45) is 5.73 Å². The molecule has 1 unspecified atom stereocenters. The number of hydrogen-bond donors (Lipinski definition) is 2. The molecule has 4 heteroatoms. The molecule has 100 valence electrons. The van der Waals surface area contributed by atoms with E-state index in [1.165, 1.54) is 6.42 Å². The van der Waals surface area contributed by atoms with Crippen LogP contribution < -0.4 is 5.73 Å². The number of hydrogen-bond acceptors (Lipinski definition) is 3. The number of aliphatic hydroxyl groups is 1. The maximum absolute atomic E-state index is 12.1. The van der Waals surface area contributed by atoms with Crippen LogP contribution in [0.2, 0.25) is 0 Å². The van der Waals surface area contributed by atoms with Crippen LogP contribution >= 0.6 is 0 Å². The molecule has 0 heterocycles. The van der Waals surface area contributed by atoms with Crippen molar-refractivity contribution in [3.8, 4) is 0 Å². The summed E-state index contributed by atoms with van der Waals surface area (Å²) in [5.74, 6) is 0.170. The van der Waals surface area contributed by atoms with Crippen LogP contribution in [0.1, 0.15) is 51.9 Å². The van der Waals surface area contributed by atoms with Crippen LogP contribution in [-0.2, 0) is 4.79 Å². The molecule has 1 rings (SSSR count). The Morgan fingerprint density at radius 2 is 2.24 bits per heavy atom. The van der Waals surface area contributed by atoms with Gasteiger partial charge in [-0.05, 0) is 32.1 Å².